The zero-order chi connectivity index (χ0) is 39.2. The molecule has 5 rings (SSSR count). The molecular formula is C40H60N5O9P. The van der Waals surface area contributed by atoms with E-state index in [0.29, 0.717) is 12.1 Å². The van der Waals surface area contributed by atoms with Gasteiger partial charge in [-0.2, -0.15) is 10.4 Å². The van der Waals surface area contributed by atoms with E-state index in [1.54, 1.807) is 6.07 Å². The molecule has 3 aromatic rings. The maximum Gasteiger partial charge on any atom is 0.472 e. The van der Waals surface area contributed by atoms with Crippen LogP contribution in [-0.4, -0.2) is 79.5 Å². The van der Waals surface area contributed by atoms with Gasteiger partial charge in [0.15, 0.2) is 11.4 Å². The Morgan fingerprint density at radius 1 is 0.945 bits per heavy atom. The van der Waals surface area contributed by atoms with Gasteiger partial charge in [-0.25, -0.2) is 14.1 Å². The van der Waals surface area contributed by atoms with E-state index in [9.17, 15) is 24.9 Å². The predicted octanol–water partition coefficient (Wildman–Crippen LogP) is 6.90. The molecule has 2 aromatic heterocycles. The van der Waals surface area contributed by atoms with Gasteiger partial charge in [0.2, 0.25) is 5.60 Å². The Bertz CT molecular complexity index is 1690. The Hall–Kier alpha value is -2.96. The molecule has 1 aromatic carbocycles. The normalized spacial score (nSPS) is 24.7. The number of hydrogen-bond acceptors (Lipinski definition) is 12. The van der Waals surface area contributed by atoms with Crippen molar-refractivity contribution in [2.75, 3.05) is 25.6 Å². The molecule has 15 heteroatoms. The molecule has 0 bridgehead atoms. The maximum atomic E-state index is 13.1. The van der Waals surface area contributed by atoms with Gasteiger partial charge in [-0.3, -0.25) is 9.05 Å². The minimum absolute atomic E-state index is 0.104. The number of nitrogen functional groups attached to an aromatic ring is 1. The lowest BCUT2D eigenvalue weighted by Crippen LogP contribution is -2.47. The number of aromatic nitrogens is 3. The third-order valence-electron chi connectivity index (χ3n) is 10.7. The molecule has 5 N–H and O–H groups in total. The number of nitriles is 1. The van der Waals surface area contributed by atoms with E-state index in [1.807, 2.05) is 36.4 Å². The fraction of sp³-hybridized carbons (Fsp3) is 0.675. The van der Waals surface area contributed by atoms with Crippen LogP contribution in [0.2, 0.25) is 0 Å². The Morgan fingerprint density at radius 2 is 1.56 bits per heavy atom. The quantitative estimate of drug-likeness (QED) is 0.0438. The number of unbranched alkanes of at least 4 members (excludes halogenated alkanes) is 15. The molecule has 1 aliphatic carbocycles. The third kappa shape index (κ3) is 11.3. The molecule has 1 saturated carbocycles. The van der Waals surface area contributed by atoms with Crippen molar-refractivity contribution in [3.63, 3.8) is 0 Å². The average molecular weight is 786 g/mol. The summed E-state index contributed by atoms with van der Waals surface area (Å²) in [5.41, 5.74) is 3.07. The number of phosphoric acid groups is 1. The summed E-state index contributed by atoms with van der Waals surface area (Å²) in [6.45, 7) is 2.82. The lowest BCUT2D eigenvalue weighted by Gasteiger charge is -2.29. The van der Waals surface area contributed by atoms with E-state index in [0.717, 1.165) is 24.8 Å². The first-order chi connectivity index (χ1) is 26.7. The third-order valence-corrected chi connectivity index (χ3v) is 11.7. The number of nitrogens with zero attached hydrogens (tertiary/aromatic N) is 4. The molecule has 55 heavy (non-hydrogen) atoms. The molecule has 0 spiro atoms. The highest BCUT2D eigenvalue weighted by atomic mass is 31.2. The molecular weight excluding hydrogens is 725 g/mol. The van der Waals surface area contributed by atoms with Gasteiger partial charge in [-0.15, -0.1) is 0 Å². The molecule has 3 heterocycles. The summed E-state index contributed by atoms with van der Waals surface area (Å²) in [5, 5.41) is 36.8. The second-order valence-electron chi connectivity index (χ2n) is 14.9. The zero-order valence-electron chi connectivity index (χ0n) is 32.2. The van der Waals surface area contributed by atoms with Crippen molar-refractivity contribution in [3.8, 4) is 6.07 Å². The van der Waals surface area contributed by atoms with Crippen molar-refractivity contribution in [1.29, 1.82) is 5.26 Å². The lowest BCUT2D eigenvalue weighted by atomic mass is 9.90. The van der Waals surface area contributed by atoms with Crippen molar-refractivity contribution in [3.05, 3.63) is 60.0 Å². The molecule has 14 nitrogen and oxygen atoms in total. The summed E-state index contributed by atoms with van der Waals surface area (Å²) in [4.78, 5) is 14.6. The van der Waals surface area contributed by atoms with E-state index in [4.69, 9.17) is 29.0 Å². The maximum absolute atomic E-state index is 13.1. The first-order valence-electron chi connectivity index (χ1n) is 20.1. The Morgan fingerprint density at radius 3 is 2.15 bits per heavy atom. The number of aliphatic hydroxyl groups excluding tert-OH is 1. The number of hydrogen-bond donors (Lipinski definition) is 4. The van der Waals surface area contributed by atoms with E-state index < -0.39 is 43.4 Å². The van der Waals surface area contributed by atoms with Crippen molar-refractivity contribution in [1.82, 2.24) is 14.6 Å². The molecule has 7 atom stereocenters. The van der Waals surface area contributed by atoms with Crippen LogP contribution in [0.25, 0.3) is 5.52 Å². The van der Waals surface area contributed by atoms with Crippen LogP contribution in [0.15, 0.2) is 48.8 Å². The van der Waals surface area contributed by atoms with Crippen LogP contribution in [0.5, 0.6) is 0 Å². The number of aliphatic hydroxyl groups is 2. The van der Waals surface area contributed by atoms with Gasteiger partial charge in [0.1, 0.15) is 42.3 Å². The number of benzene rings is 1. The largest absolute Gasteiger partial charge is 0.472 e. The predicted molar refractivity (Wildman–Crippen MR) is 207 cm³/mol. The first kappa shape index (κ1) is 43.2. The first-order valence-corrected chi connectivity index (χ1v) is 21.6. The summed E-state index contributed by atoms with van der Waals surface area (Å²) in [6, 6.07) is 14.5. The molecule has 0 amide bonds. The average Bonchev–Trinajstić information content (AvgIpc) is 3.42. The van der Waals surface area contributed by atoms with Crippen LogP contribution >= 0.6 is 7.82 Å². The lowest BCUT2D eigenvalue weighted by molar-refractivity contribution is -0.107. The fourth-order valence-electron chi connectivity index (χ4n) is 7.36. The Balaban J connectivity index is 1.01. The number of phosphoric ester groups is 1. The number of fused-ring (bicyclic) bond motifs is 2. The highest BCUT2D eigenvalue weighted by molar-refractivity contribution is 7.47. The minimum Gasteiger partial charge on any atom is -0.385 e. The highest BCUT2D eigenvalue weighted by Gasteiger charge is 2.83. The summed E-state index contributed by atoms with van der Waals surface area (Å²) in [5.74, 6) is 0.141. The molecule has 0 radical (unpaired) electrons. The summed E-state index contributed by atoms with van der Waals surface area (Å²) in [7, 11) is -4.81. The molecule has 2 aliphatic rings. The summed E-state index contributed by atoms with van der Waals surface area (Å²) >= 11 is 0. The van der Waals surface area contributed by atoms with Crippen molar-refractivity contribution in [2.45, 2.75) is 152 Å². The fourth-order valence-corrected chi connectivity index (χ4v) is 8.34. The van der Waals surface area contributed by atoms with Gasteiger partial charge in [0, 0.05) is 6.61 Å². The number of rotatable bonds is 28. The second-order valence-corrected chi connectivity index (χ2v) is 16.3. The van der Waals surface area contributed by atoms with Crippen molar-refractivity contribution in [2.24, 2.45) is 0 Å². The molecule has 304 valence electrons. The molecule has 2 fully saturated rings. The van der Waals surface area contributed by atoms with Gasteiger partial charge < -0.3 is 35.1 Å². The van der Waals surface area contributed by atoms with Gasteiger partial charge in [-0.1, -0.05) is 134 Å². The standard InChI is InChI=1S/C40H60N5O9P/c1-2-3-4-5-6-7-8-9-10-11-12-13-14-15-16-20-25-50-27-32(51-26-31-21-18-17-19-22-31)28-52-55(48,49)54-36-35-40(36,47)38(46)39(29-41,53-35)34-24-23-33-37(42)43-30-44-45(33)34/h17-19,21-24,30,32,35-36,38,46-47H,2-16,20,25-28H2,1H3,(H,48,49)(H2,42,43,44)/t32-,35+,36?,38-,39-,40-/m0/s1. The van der Waals surface area contributed by atoms with Gasteiger partial charge in [0.05, 0.1) is 25.5 Å². The smallest absolute Gasteiger partial charge is 0.385 e. The van der Waals surface area contributed by atoms with Crippen molar-refractivity contribution < 1.29 is 42.9 Å². The van der Waals surface area contributed by atoms with Crippen LogP contribution < -0.4 is 5.73 Å². The Kier molecular flexibility index (Phi) is 16.5. The van der Waals surface area contributed by atoms with Crippen LogP contribution in [0.3, 0.4) is 0 Å². The van der Waals surface area contributed by atoms with Crippen LogP contribution in [0.4, 0.5) is 5.82 Å². The monoisotopic (exact) mass is 785 g/mol. The molecule has 1 saturated heterocycles. The topological polar surface area (TPSA) is 204 Å². The van der Waals surface area contributed by atoms with Crippen LogP contribution in [0, 0.1) is 11.3 Å². The second kappa shape index (κ2) is 21.0. The zero-order valence-corrected chi connectivity index (χ0v) is 33.1. The van der Waals surface area contributed by atoms with Gasteiger partial charge in [-0.05, 0) is 24.1 Å². The number of nitrogens with two attached hydrogens (primary N) is 1. The van der Waals surface area contributed by atoms with E-state index in [1.165, 1.54) is 100 Å². The molecule has 1 aliphatic heterocycles. The SMILES string of the molecule is CCCCCCCCCCCCCCCCCCOC[C@@H](COP(=O)(O)OC1[C@H]2O[C@@](C#N)(c3ccc4c(N)ncnn34)[C@H](O)[C@@]12O)OCc1ccccc1. The van der Waals surface area contributed by atoms with E-state index >= 15 is 0 Å². The van der Waals surface area contributed by atoms with E-state index in [-0.39, 0.29) is 31.3 Å². The Labute approximate surface area is 324 Å². The minimum atomic E-state index is -4.81. The molecule has 2 unspecified atom stereocenters. The highest BCUT2D eigenvalue weighted by Crippen LogP contribution is 2.63. The van der Waals surface area contributed by atoms with E-state index in [2.05, 4.69) is 17.0 Å². The number of ether oxygens (including phenoxy) is 3. The summed E-state index contributed by atoms with van der Waals surface area (Å²) < 4.78 is 42.8. The van der Waals surface area contributed by atoms with Crippen LogP contribution in [-0.2, 0) is 40.0 Å². The summed E-state index contributed by atoms with van der Waals surface area (Å²) in [6.07, 6.45) is 16.5. The van der Waals surface area contributed by atoms with Crippen LogP contribution in [0.1, 0.15) is 121 Å². The number of anilines is 1. The van der Waals surface area contributed by atoms with Gasteiger partial charge >= 0.3 is 7.82 Å². The van der Waals surface area contributed by atoms with Gasteiger partial charge in [0.25, 0.3) is 0 Å². The van der Waals surface area contributed by atoms with Crippen molar-refractivity contribution >= 4 is 19.2 Å².